The van der Waals surface area contributed by atoms with E-state index in [1.807, 2.05) is 18.3 Å². The lowest BCUT2D eigenvalue weighted by Crippen LogP contribution is -2.36. The van der Waals surface area contributed by atoms with Crippen LogP contribution in [0.25, 0.3) is 0 Å². The molecule has 1 aromatic heterocycles. The van der Waals surface area contributed by atoms with Crippen molar-refractivity contribution in [1.82, 2.24) is 9.88 Å². The highest BCUT2D eigenvalue weighted by molar-refractivity contribution is 5.92. The average Bonchev–Trinajstić information content (AvgIpc) is 2.73. The zero-order valence-corrected chi connectivity index (χ0v) is 16.0. The Morgan fingerprint density at radius 3 is 2.85 bits per heavy atom. The molecule has 1 N–H and O–H groups in total. The summed E-state index contributed by atoms with van der Waals surface area (Å²) < 4.78 is 10.6. The number of aromatic nitrogens is 1. The van der Waals surface area contributed by atoms with E-state index in [2.05, 4.69) is 21.3 Å². The van der Waals surface area contributed by atoms with Gasteiger partial charge in [-0.2, -0.15) is 0 Å². The molecule has 1 amide bonds. The molecule has 2 heterocycles. The standard InChI is InChI=1S/C21H27N3O3/c1-26-16-9-10-20(27-2)18(15-16)23-21(25)11-14-24-13-6-4-8-19(24)17-7-3-5-12-22-17/h3,5,7,9-10,12,15,19H,4,6,8,11,13-14H2,1-2H3,(H,23,25)/t19-/m1/s1. The van der Waals surface area contributed by atoms with Gasteiger partial charge in [-0.05, 0) is 43.7 Å². The van der Waals surface area contributed by atoms with E-state index >= 15 is 0 Å². The third-order valence-electron chi connectivity index (χ3n) is 4.95. The maximum absolute atomic E-state index is 12.5. The molecule has 3 rings (SSSR count). The van der Waals surface area contributed by atoms with Crippen LogP contribution in [0.15, 0.2) is 42.6 Å². The fourth-order valence-electron chi connectivity index (χ4n) is 3.54. The molecule has 1 aliphatic heterocycles. The van der Waals surface area contributed by atoms with Crippen molar-refractivity contribution >= 4 is 11.6 Å². The van der Waals surface area contributed by atoms with Gasteiger partial charge >= 0.3 is 0 Å². The zero-order chi connectivity index (χ0) is 19.1. The first kappa shape index (κ1) is 19.2. The van der Waals surface area contributed by atoms with E-state index in [4.69, 9.17) is 9.47 Å². The van der Waals surface area contributed by atoms with Crippen molar-refractivity contribution in [2.24, 2.45) is 0 Å². The molecular formula is C21H27N3O3. The Labute approximate surface area is 160 Å². The van der Waals surface area contributed by atoms with Crippen LogP contribution >= 0.6 is 0 Å². The number of benzene rings is 1. The number of anilines is 1. The molecule has 2 aromatic rings. The van der Waals surface area contributed by atoms with Crippen molar-refractivity contribution in [3.05, 3.63) is 48.3 Å². The Morgan fingerprint density at radius 1 is 1.22 bits per heavy atom. The first-order valence-corrected chi connectivity index (χ1v) is 9.38. The van der Waals surface area contributed by atoms with E-state index in [0.29, 0.717) is 36.2 Å². The Kier molecular flexibility index (Phi) is 6.65. The molecule has 0 aliphatic carbocycles. The van der Waals surface area contributed by atoms with Crippen molar-refractivity contribution in [3.63, 3.8) is 0 Å². The summed E-state index contributed by atoms with van der Waals surface area (Å²) in [7, 11) is 3.18. The summed E-state index contributed by atoms with van der Waals surface area (Å²) in [5.74, 6) is 1.26. The van der Waals surface area contributed by atoms with E-state index in [1.165, 1.54) is 6.42 Å². The number of ether oxygens (including phenoxy) is 2. The maximum atomic E-state index is 12.5. The maximum Gasteiger partial charge on any atom is 0.225 e. The van der Waals surface area contributed by atoms with Crippen LogP contribution in [-0.2, 0) is 4.79 Å². The minimum absolute atomic E-state index is 0.0353. The lowest BCUT2D eigenvalue weighted by Gasteiger charge is -2.35. The van der Waals surface area contributed by atoms with Crippen LogP contribution in [0.3, 0.4) is 0 Å². The van der Waals surface area contributed by atoms with Crippen LogP contribution < -0.4 is 14.8 Å². The van der Waals surface area contributed by atoms with Crippen molar-refractivity contribution in [2.45, 2.75) is 31.7 Å². The van der Waals surface area contributed by atoms with E-state index in [0.717, 1.165) is 25.1 Å². The van der Waals surface area contributed by atoms with E-state index in [-0.39, 0.29) is 5.91 Å². The molecule has 1 aliphatic rings. The number of nitrogens with zero attached hydrogens (tertiary/aromatic N) is 2. The molecule has 0 spiro atoms. The minimum Gasteiger partial charge on any atom is -0.497 e. The number of methoxy groups -OCH3 is 2. The number of piperidine rings is 1. The summed E-state index contributed by atoms with van der Waals surface area (Å²) in [6, 6.07) is 11.7. The molecule has 0 bridgehead atoms. The molecule has 6 nitrogen and oxygen atoms in total. The number of hydrogen-bond acceptors (Lipinski definition) is 5. The van der Waals surface area contributed by atoms with Gasteiger partial charge in [0, 0.05) is 25.2 Å². The lowest BCUT2D eigenvalue weighted by atomic mass is 9.98. The van der Waals surface area contributed by atoms with Crippen molar-refractivity contribution in [3.8, 4) is 11.5 Å². The molecule has 0 radical (unpaired) electrons. The third kappa shape index (κ3) is 4.98. The SMILES string of the molecule is COc1ccc(OC)c(NC(=O)CCN2CCCC[C@@H]2c2ccccn2)c1. The first-order valence-electron chi connectivity index (χ1n) is 9.38. The molecule has 27 heavy (non-hydrogen) atoms. The number of amides is 1. The molecular weight excluding hydrogens is 342 g/mol. The van der Waals surface area contributed by atoms with Crippen LogP contribution in [0.2, 0.25) is 0 Å². The number of carbonyl (C=O) groups excluding carboxylic acids is 1. The summed E-state index contributed by atoms with van der Waals surface area (Å²) in [6.07, 6.45) is 5.70. The topological polar surface area (TPSA) is 63.7 Å². The van der Waals surface area contributed by atoms with Gasteiger partial charge < -0.3 is 14.8 Å². The van der Waals surface area contributed by atoms with E-state index in [9.17, 15) is 4.79 Å². The van der Waals surface area contributed by atoms with Gasteiger partial charge in [0.25, 0.3) is 0 Å². The Morgan fingerprint density at radius 2 is 2.11 bits per heavy atom. The number of hydrogen-bond donors (Lipinski definition) is 1. The Bertz CT molecular complexity index is 752. The number of carbonyl (C=O) groups is 1. The number of likely N-dealkylation sites (tertiary alicyclic amines) is 1. The quantitative estimate of drug-likeness (QED) is 0.807. The Balaban J connectivity index is 1.61. The second kappa shape index (κ2) is 9.37. The molecule has 1 atom stereocenters. The summed E-state index contributed by atoms with van der Waals surface area (Å²) in [6.45, 7) is 1.70. The highest BCUT2D eigenvalue weighted by Crippen LogP contribution is 2.31. The fraction of sp³-hybridized carbons (Fsp3) is 0.429. The Hall–Kier alpha value is -2.60. The van der Waals surface area contributed by atoms with E-state index in [1.54, 1.807) is 32.4 Å². The smallest absolute Gasteiger partial charge is 0.225 e. The molecule has 1 saturated heterocycles. The molecule has 0 unspecified atom stereocenters. The third-order valence-corrected chi connectivity index (χ3v) is 4.95. The molecule has 1 fully saturated rings. The van der Waals surface area contributed by atoms with Crippen LogP contribution in [0.4, 0.5) is 5.69 Å². The van der Waals surface area contributed by atoms with Crippen molar-refractivity contribution in [2.75, 3.05) is 32.6 Å². The highest BCUT2D eigenvalue weighted by atomic mass is 16.5. The number of pyridine rings is 1. The summed E-state index contributed by atoms with van der Waals surface area (Å²) in [5.41, 5.74) is 1.72. The molecule has 1 aromatic carbocycles. The summed E-state index contributed by atoms with van der Waals surface area (Å²) >= 11 is 0. The van der Waals surface area contributed by atoms with Gasteiger partial charge in [0.2, 0.25) is 5.91 Å². The van der Waals surface area contributed by atoms with Gasteiger partial charge in [0.1, 0.15) is 11.5 Å². The number of nitrogens with one attached hydrogen (secondary N) is 1. The first-order chi connectivity index (χ1) is 13.2. The van der Waals surface area contributed by atoms with Gasteiger partial charge in [0.15, 0.2) is 0 Å². The second-order valence-corrected chi connectivity index (χ2v) is 6.67. The van der Waals surface area contributed by atoms with Gasteiger partial charge in [-0.15, -0.1) is 0 Å². The van der Waals surface area contributed by atoms with Gasteiger partial charge in [-0.25, -0.2) is 0 Å². The predicted octanol–water partition coefficient (Wildman–Crippen LogP) is 3.65. The van der Waals surface area contributed by atoms with Crippen LogP contribution in [0.5, 0.6) is 11.5 Å². The van der Waals surface area contributed by atoms with Crippen LogP contribution in [0.1, 0.15) is 37.4 Å². The van der Waals surface area contributed by atoms with Crippen molar-refractivity contribution in [1.29, 1.82) is 0 Å². The lowest BCUT2D eigenvalue weighted by molar-refractivity contribution is -0.116. The zero-order valence-electron chi connectivity index (χ0n) is 16.0. The molecule has 144 valence electrons. The normalized spacial score (nSPS) is 17.3. The van der Waals surface area contributed by atoms with Gasteiger partial charge in [-0.3, -0.25) is 14.7 Å². The second-order valence-electron chi connectivity index (χ2n) is 6.67. The van der Waals surface area contributed by atoms with Crippen LogP contribution in [-0.4, -0.2) is 43.1 Å². The van der Waals surface area contributed by atoms with Crippen LogP contribution in [0, 0.1) is 0 Å². The highest BCUT2D eigenvalue weighted by Gasteiger charge is 2.25. The summed E-state index contributed by atoms with van der Waals surface area (Å²) in [4.78, 5) is 19.4. The molecule has 0 saturated carbocycles. The largest absolute Gasteiger partial charge is 0.497 e. The minimum atomic E-state index is -0.0353. The van der Waals surface area contributed by atoms with E-state index < -0.39 is 0 Å². The predicted molar refractivity (Wildman–Crippen MR) is 105 cm³/mol. The average molecular weight is 369 g/mol. The summed E-state index contributed by atoms with van der Waals surface area (Å²) in [5, 5.41) is 2.94. The van der Waals surface area contributed by atoms with Crippen molar-refractivity contribution < 1.29 is 14.3 Å². The van der Waals surface area contributed by atoms with Gasteiger partial charge in [-0.1, -0.05) is 12.5 Å². The number of rotatable bonds is 7. The van der Waals surface area contributed by atoms with Gasteiger partial charge in [0.05, 0.1) is 31.6 Å². The fourth-order valence-corrected chi connectivity index (χ4v) is 3.54. The monoisotopic (exact) mass is 369 g/mol. The molecule has 6 heteroatoms.